The molecule has 0 saturated heterocycles. The van der Waals surface area contributed by atoms with Gasteiger partial charge in [0.05, 0.1) is 18.3 Å². The van der Waals surface area contributed by atoms with Gasteiger partial charge in [0.15, 0.2) is 0 Å². The smallest absolute Gasteiger partial charge is 0.228 e. The van der Waals surface area contributed by atoms with Crippen LogP contribution in [0.2, 0.25) is 0 Å². The molecule has 136 valence electrons. The summed E-state index contributed by atoms with van der Waals surface area (Å²) in [6.07, 6.45) is 4.34. The zero-order valence-electron chi connectivity index (χ0n) is 15.5. The summed E-state index contributed by atoms with van der Waals surface area (Å²) >= 11 is 0. The van der Waals surface area contributed by atoms with Gasteiger partial charge in [-0.1, -0.05) is 42.5 Å². The SMILES string of the molecule is Cc1ccccc1CC(=O)Nc1ccc(N2CCCc3ccccc32)nc1. The maximum absolute atomic E-state index is 12.3. The van der Waals surface area contributed by atoms with Crippen molar-refractivity contribution >= 4 is 23.1 Å². The van der Waals surface area contributed by atoms with Crippen LogP contribution in [0.5, 0.6) is 0 Å². The van der Waals surface area contributed by atoms with Crippen molar-refractivity contribution in [2.45, 2.75) is 26.2 Å². The van der Waals surface area contributed by atoms with Gasteiger partial charge in [0.2, 0.25) is 5.91 Å². The molecule has 0 fully saturated rings. The van der Waals surface area contributed by atoms with Crippen LogP contribution in [0, 0.1) is 6.92 Å². The van der Waals surface area contributed by atoms with E-state index in [1.807, 2.05) is 43.3 Å². The number of nitrogens with zero attached hydrogens (tertiary/aromatic N) is 2. The van der Waals surface area contributed by atoms with E-state index in [2.05, 4.69) is 39.5 Å². The van der Waals surface area contributed by atoms with Crippen LogP contribution in [0.3, 0.4) is 0 Å². The molecule has 0 saturated carbocycles. The van der Waals surface area contributed by atoms with Crippen molar-refractivity contribution in [1.29, 1.82) is 0 Å². The Morgan fingerprint density at radius 3 is 2.70 bits per heavy atom. The van der Waals surface area contributed by atoms with Crippen LogP contribution in [0.4, 0.5) is 17.2 Å². The highest BCUT2D eigenvalue weighted by Crippen LogP contribution is 2.32. The van der Waals surface area contributed by atoms with Crippen molar-refractivity contribution in [2.75, 3.05) is 16.8 Å². The first-order valence-electron chi connectivity index (χ1n) is 9.36. The Morgan fingerprint density at radius 2 is 1.89 bits per heavy atom. The molecule has 0 radical (unpaired) electrons. The van der Waals surface area contributed by atoms with Gasteiger partial charge < -0.3 is 10.2 Å². The molecule has 2 heterocycles. The highest BCUT2D eigenvalue weighted by atomic mass is 16.1. The van der Waals surface area contributed by atoms with E-state index < -0.39 is 0 Å². The molecule has 3 aromatic rings. The maximum Gasteiger partial charge on any atom is 0.228 e. The average molecular weight is 357 g/mol. The number of amides is 1. The van der Waals surface area contributed by atoms with Crippen molar-refractivity contribution in [3.05, 3.63) is 83.6 Å². The number of carbonyl (C=O) groups excluding carboxylic acids is 1. The zero-order valence-corrected chi connectivity index (χ0v) is 15.5. The molecule has 4 nitrogen and oxygen atoms in total. The maximum atomic E-state index is 12.3. The van der Waals surface area contributed by atoms with Gasteiger partial charge in [0.25, 0.3) is 0 Å². The summed E-state index contributed by atoms with van der Waals surface area (Å²) < 4.78 is 0. The van der Waals surface area contributed by atoms with Crippen molar-refractivity contribution in [3.8, 4) is 0 Å². The molecular formula is C23H23N3O. The van der Waals surface area contributed by atoms with E-state index in [0.29, 0.717) is 6.42 Å². The van der Waals surface area contributed by atoms with Crippen LogP contribution < -0.4 is 10.2 Å². The van der Waals surface area contributed by atoms with Crippen LogP contribution in [0.15, 0.2) is 66.9 Å². The van der Waals surface area contributed by atoms with Gasteiger partial charge in [-0.2, -0.15) is 0 Å². The van der Waals surface area contributed by atoms with E-state index in [1.165, 1.54) is 11.3 Å². The number of hydrogen-bond acceptors (Lipinski definition) is 3. The second kappa shape index (κ2) is 7.62. The quantitative estimate of drug-likeness (QED) is 0.739. The van der Waals surface area contributed by atoms with Gasteiger partial charge in [0, 0.05) is 12.2 Å². The lowest BCUT2D eigenvalue weighted by atomic mass is 10.0. The number of carbonyl (C=O) groups is 1. The number of fused-ring (bicyclic) bond motifs is 1. The molecule has 1 amide bonds. The molecule has 27 heavy (non-hydrogen) atoms. The zero-order chi connectivity index (χ0) is 18.6. The van der Waals surface area contributed by atoms with Gasteiger partial charge in [-0.3, -0.25) is 4.79 Å². The highest BCUT2D eigenvalue weighted by Gasteiger charge is 2.18. The lowest BCUT2D eigenvalue weighted by Crippen LogP contribution is -2.25. The topological polar surface area (TPSA) is 45.2 Å². The normalized spacial score (nSPS) is 13.1. The molecule has 0 unspecified atom stereocenters. The molecule has 1 N–H and O–H groups in total. The minimum absolute atomic E-state index is 0.0258. The Labute approximate surface area is 159 Å². The number of nitrogens with one attached hydrogen (secondary N) is 1. The molecule has 2 aromatic carbocycles. The van der Waals surface area contributed by atoms with Crippen molar-refractivity contribution in [3.63, 3.8) is 0 Å². The average Bonchev–Trinajstić information content (AvgIpc) is 2.70. The minimum atomic E-state index is -0.0258. The molecule has 1 aliphatic rings. The van der Waals surface area contributed by atoms with Crippen molar-refractivity contribution in [1.82, 2.24) is 4.98 Å². The van der Waals surface area contributed by atoms with Crippen LogP contribution in [0.25, 0.3) is 0 Å². The summed E-state index contributed by atoms with van der Waals surface area (Å²) in [5.74, 6) is 0.890. The van der Waals surface area contributed by atoms with Crippen molar-refractivity contribution < 1.29 is 4.79 Å². The first-order valence-corrected chi connectivity index (χ1v) is 9.36. The van der Waals surface area contributed by atoms with Crippen LogP contribution >= 0.6 is 0 Å². The Kier molecular flexibility index (Phi) is 4.88. The Bertz CT molecular complexity index is 950. The fraction of sp³-hybridized carbons (Fsp3) is 0.217. The van der Waals surface area contributed by atoms with E-state index in [9.17, 15) is 4.79 Å². The molecule has 0 bridgehead atoms. The molecule has 1 aromatic heterocycles. The summed E-state index contributed by atoms with van der Waals surface area (Å²) in [5, 5.41) is 2.95. The van der Waals surface area contributed by atoms with Gasteiger partial charge in [-0.25, -0.2) is 4.98 Å². The third-order valence-electron chi connectivity index (χ3n) is 5.03. The first-order chi connectivity index (χ1) is 13.2. The summed E-state index contributed by atoms with van der Waals surface area (Å²) in [5.41, 5.74) is 5.49. The third-order valence-corrected chi connectivity index (χ3v) is 5.03. The number of hydrogen-bond donors (Lipinski definition) is 1. The highest BCUT2D eigenvalue weighted by molar-refractivity contribution is 5.92. The molecule has 1 aliphatic heterocycles. The van der Waals surface area contributed by atoms with Crippen LogP contribution in [-0.2, 0) is 17.6 Å². The molecule has 0 atom stereocenters. The largest absolute Gasteiger partial charge is 0.326 e. The predicted molar refractivity (Wildman–Crippen MR) is 110 cm³/mol. The third kappa shape index (κ3) is 3.85. The summed E-state index contributed by atoms with van der Waals surface area (Å²) in [4.78, 5) is 19.2. The fourth-order valence-electron chi connectivity index (χ4n) is 3.58. The number of benzene rings is 2. The monoisotopic (exact) mass is 357 g/mol. The van der Waals surface area contributed by atoms with Crippen molar-refractivity contribution in [2.24, 2.45) is 0 Å². The van der Waals surface area contributed by atoms with E-state index in [4.69, 9.17) is 0 Å². The molecular weight excluding hydrogens is 334 g/mol. The Morgan fingerprint density at radius 1 is 1.07 bits per heavy atom. The number of pyridine rings is 1. The lowest BCUT2D eigenvalue weighted by molar-refractivity contribution is -0.115. The molecule has 4 rings (SSSR count). The number of aryl methyl sites for hydroxylation is 2. The van der Waals surface area contributed by atoms with Gasteiger partial charge in [0.1, 0.15) is 5.82 Å². The molecule has 0 aliphatic carbocycles. The van der Waals surface area contributed by atoms with Crippen LogP contribution in [0.1, 0.15) is 23.1 Å². The van der Waals surface area contributed by atoms with Gasteiger partial charge in [-0.15, -0.1) is 0 Å². The van der Waals surface area contributed by atoms with Gasteiger partial charge in [-0.05, 0) is 54.7 Å². The van der Waals surface area contributed by atoms with E-state index in [0.717, 1.165) is 42.0 Å². The van der Waals surface area contributed by atoms with E-state index in [1.54, 1.807) is 6.20 Å². The summed E-state index contributed by atoms with van der Waals surface area (Å²) in [7, 11) is 0. The fourth-order valence-corrected chi connectivity index (χ4v) is 3.58. The first kappa shape index (κ1) is 17.3. The molecule has 0 spiro atoms. The predicted octanol–water partition coefficient (Wildman–Crippen LogP) is 4.66. The molecule has 4 heteroatoms. The minimum Gasteiger partial charge on any atom is -0.326 e. The number of aromatic nitrogens is 1. The summed E-state index contributed by atoms with van der Waals surface area (Å²) in [6, 6.07) is 20.3. The number of para-hydroxylation sites is 1. The lowest BCUT2D eigenvalue weighted by Gasteiger charge is -2.30. The Balaban J connectivity index is 1.45. The second-order valence-corrected chi connectivity index (χ2v) is 6.94. The summed E-state index contributed by atoms with van der Waals surface area (Å²) in [6.45, 7) is 2.98. The van der Waals surface area contributed by atoms with E-state index >= 15 is 0 Å². The number of rotatable bonds is 4. The number of anilines is 3. The Hall–Kier alpha value is -3.14. The van der Waals surface area contributed by atoms with Gasteiger partial charge >= 0.3 is 0 Å². The van der Waals surface area contributed by atoms with E-state index in [-0.39, 0.29) is 5.91 Å². The second-order valence-electron chi connectivity index (χ2n) is 6.94. The van der Waals surface area contributed by atoms with Crippen LogP contribution in [-0.4, -0.2) is 17.4 Å². The standard InChI is InChI=1S/C23H23N3O/c1-17-7-2-3-9-19(17)15-23(27)25-20-12-13-22(24-16-20)26-14-6-10-18-8-4-5-11-21(18)26/h2-5,7-9,11-13,16H,6,10,14-15H2,1H3,(H,25,27).